The number of aromatic amines is 1. The Kier molecular flexibility index (Phi) is 3.90. The normalized spacial score (nSPS) is 11.5. The Morgan fingerprint density at radius 3 is 2.48 bits per heavy atom. The van der Waals surface area contributed by atoms with Crippen LogP contribution in [0.15, 0.2) is 67.2 Å². The van der Waals surface area contributed by atoms with Crippen molar-refractivity contribution in [3.05, 3.63) is 78.4 Å². The van der Waals surface area contributed by atoms with Crippen molar-refractivity contribution in [1.29, 1.82) is 0 Å². The Balaban J connectivity index is 2.10. The van der Waals surface area contributed by atoms with Crippen LogP contribution in [0.2, 0.25) is 0 Å². The van der Waals surface area contributed by atoms with Crippen LogP contribution >= 0.6 is 0 Å². The van der Waals surface area contributed by atoms with Gasteiger partial charge in [0.15, 0.2) is 0 Å². The molecule has 1 aromatic heterocycles. The molecule has 0 aliphatic rings. The SMILES string of the molecule is C=Cc1cccc(CN(C)C)c1-c1cccc2[nH]c3ccccc3c12. The Morgan fingerprint density at radius 2 is 1.68 bits per heavy atom. The van der Waals surface area contributed by atoms with E-state index in [-0.39, 0.29) is 0 Å². The molecule has 124 valence electrons. The first-order valence-corrected chi connectivity index (χ1v) is 8.58. The van der Waals surface area contributed by atoms with Crippen LogP contribution in [-0.2, 0) is 6.54 Å². The lowest BCUT2D eigenvalue weighted by molar-refractivity contribution is 0.403. The van der Waals surface area contributed by atoms with Gasteiger partial charge in [-0.25, -0.2) is 0 Å². The largest absolute Gasteiger partial charge is 0.354 e. The number of benzene rings is 3. The van der Waals surface area contributed by atoms with Gasteiger partial charge in [-0.2, -0.15) is 0 Å². The summed E-state index contributed by atoms with van der Waals surface area (Å²) < 4.78 is 0. The predicted molar refractivity (Wildman–Crippen MR) is 109 cm³/mol. The molecule has 0 saturated heterocycles. The van der Waals surface area contributed by atoms with Gasteiger partial charge < -0.3 is 9.88 Å². The highest BCUT2D eigenvalue weighted by Gasteiger charge is 2.15. The number of hydrogen-bond donors (Lipinski definition) is 1. The average Bonchev–Trinajstić information content (AvgIpc) is 3.00. The molecule has 0 spiro atoms. The molecule has 0 fully saturated rings. The minimum absolute atomic E-state index is 0.899. The maximum Gasteiger partial charge on any atom is 0.0471 e. The zero-order chi connectivity index (χ0) is 17.4. The van der Waals surface area contributed by atoms with Crippen LogP contribution in [0.5, 0.6) is 0 Å². The molecule has 2 nitrogen and oxygen atoms in total. The molecular weight excluding hydrogens is 304 g/mol. The Morgan fingerprint density at radius 1 is 0.920 bits per heavy atom. The van der Waals surface area contributed by atoms with E-state index in [9.17, 15) is 0 Å². The van der Waals surface area contributed by atoms with Crippen LogP contribution in [0.4, 0.5) is 0 Å². The Hall–Kier alpha value is -2.84. The molecule has 0 saturated carbocycles. The minimum Gasteiger partial charge on any atom is -0.354 e. The summed E-state index contributed by atoms with van der Waals surface area (Å²) in [5, 5.41) is 2.55. The van der Waals surface area contributed by atoms with Crippen molar-refractivity contribution in [2.45, 2.75) is 6.54 Å². The second-order valence-electron chi connectivity index (χ2n) is 6.72. The minimum atomic E-state index is 0.899. The standard InChI is InChI=1S/C23H22N2/c1-4-16-9-7-10-17(15-25(2)3)22(16)19-12-8-14-21-23(19)18-11-5-6-13-20(18)24-21/h4-14,24H,1,15H2,2-3H3. The molecule has 0 amide bonds. The Bertz CT molecular complexity index is 1070. The van der Waals surface area contributed by atoms with E-state index < -0.39 is 0 Å². The fourth-order valence-corrected chi connectivity index (χ4v) is 3.70. The molecule has 0 radical (unpaired) electrons. The summed E-state index contributed by atoms with van der Waals surface area (Å²) >= 11 is 0. The van der Waals surface area contributed by atoms with E-state index in [4.69, 9.17) is 0 Å². The highest BCUT2D eigenvalue weighted by Crippen LogP contribution is 2.38. The van der Waals surface area contributed by atoms with Gasteiger partial charge in [-0.15, -0.1) is 0 Å². The van der Waals surface area contributed by atoms with Crippen LogP contribution in [0.3, 0.4) is 0 Å². The first-order chi connectivity index (χ1) is 12.2. The second-order valence-corrected chi connectivity index (χ2v) is 6.72. The van der Waals surface area contributed by atoms with Gasteiger partial charge in [0.25, 0.3) is 0 Å². The van der Waals surface area contributed by atoms with E-state index >= 15 is 0 Å². The summed E-state index contributed by atoms with van der Waals surface area (Å²) in [6.07, 6.45) is 1.96. The van der Waals surface area contributed by atoms with Crippen LogP contribution < -0.4 is 0 Å². The van der Waals surface area contributed by atoms with Crippen molar-refractivity contribution >= 4 is 27.9 Å². The lowest BCUT2D eigenvalue weighted by Gasteiger charge is -2.17. The zero-order valence-electron chi connectivity index (χ0n) is 14.7. The number of aromatic nitrogens is 1. The van der Waals surface area contributed by atoms with Crippen molar-refractivity contribution in [3.8, 4) is 11.1 Å². The van der Waals surface area contributed by atoms with Crippen molar-refractivity contribution in [1.82, 2.24) is 9.88 Å². The molecule has 0 bridgehead atoms. The van der Waals surface area contributed by atoms with Crippen LogP contribution in [0, 0.1) is 0 Å². The van der Waals surface area contributed by atoms with Gasteiger partial charge in [-0.1, -0.05) is 61.2 Å². The van der Waals surface area contributed by atoms with E-state index in [0.29, 0.717) is 0 Å². The third kappa shape index (κ3) is 2.65. The van der Waals surface area contributed by atoms with Crippen molar-refractivity contribution < 1.29 is 0 Å². The van der Waals surface area contributed by atoms with Gasteiger partial charge in [-0.05, 0) is 48.5 Å². The number of rotatable bonds is 4. The third-order valence-electron chi connectivity index (χ3n) is 4.69. The predicted octanol–water partition coefficient (Wildman–Crippen LogP) is 5.69. The molecule has 0 aliphatic heterocycles. The summed E-state index contributed by atoms with van der Waals surface area (Å²) in [7, 11) is 4.22. The molecule has 1 heterocycles. The fraction of sp³-hybridized carbons (Fsp3) is 0.130. The van der Waals surface area contributed by atoms with Crippen LogP contribution in [-0.4, -0.2) is 24.0 Å². The van der Waals surface area contributed by atoms with E-state index in [1.54, 1.807) is 0 Å². The first-order valence-electron chi connectivity index (χ1n) is 8.58. The maximum atomic E-state index is 4.05. The number of fused-ring (bicyclic) bond motifs is 3. The van der Waals surface area contributed by atoms with Gasteiger partial charge in [0.2, 0.25) is 0 Å². The van der Waals surface area contributed by atoms with Gasteiger partial charge in [0, 0.05) is 28.4 Å². The molecule has 4 rings (SSSR count). The van der Waals surface area contributed by atoms with Crippen molar-refractivity contribution in [2.75, 3.05) is 14.1 Å². The topological polar surface area (TPSA) is 19.0 Å². The van der Waals surface area contributed by atoms with E-state index in [0.717, 1.165) is 6.54 Å². The number of para-hydroxylation sites is 1. The number of H-pyrrole nitrogens is 1. The molecule has 1 N–H and O–H groups in total. The smallest absolute Gasteiger partial charge is 0.0471 e. The van der Waals surface area contributed by atoms with Gasteiger partial charge in [0.05, 0.1) is 0 Å². The quantitative estimate of drug-likeness (QED) is 0.510. The second kappa shape index (κ2) is 6.23. The lowest BCUT2D eigenvalue weighted by atomic mass is 9.91. The fourth-order valence-electron chi connectivity index (χ4n) is 3.70. The van der Waals surface area contributed by atoms with Crippen LogP contribution in [0.25, 0.3) is 39.0 Å². The molecular formula is C23H22N2. The molecule has 3 aromatic carbocycles. The highest BCUT2D eigenvalue weighted by atomic mass is 15.0. The van der Waals surface area contributed by atoms with Gasteiger partial charge >= 0.3 is 0 Å². The summed E-state index contributed by atoms with van der Waals surface area (Å²) in [6, 6.07) is 21.5. The summed E-state index contributed by atoms with van der Waals surface area (Å²) in [5.41, 5.74) is 7.39. The highest BCUT2D eigenvalue weighted by molar-refractivity contribution is 6.14. The molecule has 0 unspecified atom stereocenters. The summed E-state index contributed by atoms with van der Waals surface area (Å²) in [4.78, 5) is 5.76. The Labute approximate surface area is 148 Å². The van der Waals surface area contributed by atoms with E-state index in [2.05, 4.69) is 91.2 Å². The first kappa shape index (κ1) is 15.7. The number of hydrogen-bond acceptors (Lipinski definition) is 1. The summed E-state index contributed by atoms with van der Waals surface area (Å²) in [5.74, 6) is 0. The number of nitrogens with zero attached hydrogens (tertiary/aromatic N) is 1. The molecule has 0 atom stereocenters. The summed E-state index contributed by atoms with van der Waals surface area (Å²) in [6.45, 7) is 4.94. The average molecular weight is 326 g/mol. The molecule has 25 heavy (non-hydrogen) atoms. The monoisotopic (exact) mass is 326 g/mol. The van der Waals surface area contributed by atoms with E-state index in [1.165, 1.54) is 44.1 Å². The number of nitrogens with one attached hydrogen (secondary N) is 1. The zero-order valence-corrected chi connectivity index (χ0v) is 14.7. The molecule has 0 aliphatic carbocycles. The third-order valence-corrected chi connectivity index (χ3v) is 4.69. The lowest BCUT2D eigenvalue weighted by Crippen LogP contribution is -2.12. The van der Waals surface area contributed by atoms with E-state index in [1.807, 2.05) is 6.08 Å². The molecule has 2 heteroatoms. The molecule has 4 aromatic rings. The van der Waals surface area contributed by atoms with Crippen molar-refractivity contribution in [2.24, 2.45) is 0 Å². The van der Waals surface area contributed by atoms with Gasteiger partial charge in [0.1, 0.15) is 0 Å². The van der Waals surface area contributed by atoms with Crippen molar-refractivity contribution in [3.63, 3.8) is 0 Å². The van der Waals surface area contributed by atoms with Gasteiger partial charge in [-0.3, -0.25) is 0 Å². The van der Waals surface area contributed by atoms with Crippen LogP contribution in [0.1, 0.15) is 11.1 Å². The maximum absolute atomic E-state index is 4.05.